The van der Waals surface area contributed by atoms with Crippen molar-refractivity contribution in [2.45, 2.75) is 31.1 Å². The van der Waals surface area contributed by atoms with Gasteiger partial charge in [-0.05, 0) is 73.7 Å². The molecule has 0 bridgehead atoms. The van der Waals surface area contributed by atoms with Crippen LogP contribution in [0.15, 0.2) is 84.4 Å². The molecule has 9 nitrogen and oxygen atoms in total. The molecule has 4 aliphatic rings. The molecule has 4 amide bonds. The highest BCUT2D eigenvalue weighted by Crippen LogP contribution is 2.65. The molecular formula is C36H33ClFN3O6. The molecule has 3 aromatic rings. The Morgan fingerprint density at radius 3 is 2.38 bits per heavy atom. The number of fused-ring (bicyclic) bond motifs is 4. The minimum absolute atomic E-state index is 0.00213. The van der Waals surface area contributed by atoms with Crippen LogP contribution in [0.5, 0.6) is 5.75 Å². The van der Waals surface area contributed by atoms with E-state index in [4.69, 9.17) is 16.3 Å². The number of carbonyl (C=O) groups excluding carboxylic acids is 4. The summed E-state index contributed by atoms with van der Waals surface area (Å²) >= 11 is 6.34. The first-order valence-corrected chi connectivity index (χ1v) is 16.1. The number of imide groups is 2. The molecule has 2 saturated heterocycles. The van der Waals surface area contributed by atoms with E-state index in [0.29, 0.717) is 34.0 Å². The highest BCUT2D eigenvalue weighted by molar-refractivity contribution is 6.30. The van der Waals surface area contributed by atoms with Crippen LogP contribution in [-0.4, -0.2) is 58.4 Å². The number of anilines is 1. The maximum Gasteiger partial charge on any atom is 0.260 e. The van der Waals surface area contributed by atoms with Crippen LogP contribution < -0.4 is 10.2 Å². The topological polar surface area (TPSA) is 116 Å². The molecule has 3 fully saturated rings. The molecule has 11 heteroatoms. The first-order valence-electron chi connectivity index (χ1n) is 15.8. The molecule has 2 aliphatic carbocycles. The molecular weight excluding hydrogens is 625 g/mol. The van der Waals surface area contributed by atoms with Crippen molar-refractivity contribution >= 4 is 40.9 Å². The molecule has 0 radical (unpaired) electrons. The van der Waals surface area contributed by atoms with E-state index in [2.05, 4.69) is 5.43 Å². The van der Waals surface area contributed by atoms with Crippen molar-refractivity contribution in [2.24, 2.45) is 23.7 Å². The quantitative estimate of drug-likeness (QED) is 0.263. The van der Waals surface area contributed by atoms with E-state index in [1.165, 1.54) is 29.2 Å². The molecule has 6 atom stereocenters. The van der Waals surface area contributed by atoms with Gasteiger partial charge in [0.1, 0.15) is 18.2 Å². The molecule has 47 heavy (non-hydrogen) atoms. The number of halogens is 2. The number of allylic oxidation sites excluding steroid dienone is 2. The second-order valence-electron chi connectivity index (χ2n) is 12.4. The van der Waals surface area contributed by atoms with Gasteiger partial charge in [-0.2, -0.15) is 5.01 Å². The van der Waals surface area contributed by atoms with Gasteiger partial charge in [0.05, 0.1) is 35.5 Å². The molecule has 1 saturated carbocycles. The van der Waals surface area contributed by atoms with Gasteiger partial charge in [0, 0.05) is 23.0 Å². The minimum atomic E-state index is -1.52. The number of hydrogen-bond acceptors (Lipinski definition) is 7. The van der Waals surface area contributed by atoms with Gasteiger partial charge in [0.2, 0.25) is 11.8 Å². The van der Waals surface area contributed by atoms with Crippen LogP contribution in [0.3, 0.4) is 0 Å². The van der Waals surface area contributed by atoms with Crippen LogP contribution in [0.25, 0.3) is 0 Å². The monoisotopic (exact) mass is 657 g/mol. The molecule has 0 aromatic heterocycles. The lowest BCUT2D eigenvalue weighted by Crippen LogP contribution is -2.53. The first kappa shape index (κ1) is 31.1. The number of carbonyl (C=O) groups is 4. The minimum Gasteiger partial charge on any atom is -0.491 e. The Morgan fingerprint density at radius 2 is 1.68 bits per heavy atom. The number of nitrogens with one attached hydrogen (secondary N) is 1. The van der Waals surface area contributed by atoms with Crippen molar-refractivity contribution < 1.29 is 33.4 Å². The summed E-state index contributed by atoms with van der Waals surface area (Å²) in [5.74, 6) is -5.04. The summed E-state index contributed by atoms with van der Waals surface area (Å²) < 4.78 is 19.8. The van der Waals surface area contributed by atoms with Crippen LogP contribution in [0, 0.1) is 29.5 Å². The molecule has 6 unspecified atom stereocenters. The van der Waals surface area contributed by atoms with E-state index in [9.17, 15) is 23.9 Å². The number of ether oxygens (including phenoxy) is 1. The highest BCUT2D eigenvalue weighted by atomic mass is 35.5. The van der Waals surface area contributed by atoms with E-state index in [-0.39, 0.29) is 38.0 Å². The Labute approximate surface area is 275 Å². The predicted molar refractivity (Wildman–Crippen MR) is 170 cm³/mol. The van der Waals surface area contributed by atoms with Crippen LogP contribution in [0.4, 0.5) is 10.1 Å². The number of aliphatic hydroxyl groups excluding tert-OH is 1. The Morgan fingerprint density at radius 1 is 0.957 bits per heavy atom. The standard InChI is InChI=1S/C36H33ClFN3O6/c1-2-40-32(43)26-16-15-24-27(30(26)34(40)45)19-28-33(44)41(39-23-13-11-22(38)12-14-23)35(46)36(28,20-7-9-21(37)10-8-20)31(24)25-5-3-4-6-29(25)47-18-17-42/h3-15,26-28,30-31,39,42H,2,16-19H2,1H3. The van der Waals surface area contributed by atoms with Gasteiger partial charge in [-0.15, -0.1) is 0 Å². The van der Waals surface area contributed by atoms with E-state index in [0.717, 1.165) is 10.6 Å². The lowest BCUT2D eigenvalue weighted by Gasteiger charge is -2.50. The summed E-state index contributed by atoms with van der Waals surface area (Å²) in [4.78, 5) is 58.3. The van der Waals surface area contributed by atoms with E-state index < -0.39 is 52.6 Å². The van der Waals surface area contributed by atoms with Gasteiger partial charge in [0.25, 0.3) is 11.8 Å². The lowest BCUT2D eigenvalue weighted by atomic mass is 9.49. The average Bonchev–Trinajstić information content (AvgIpc) is 3.45. The fourth-order valence-corrected chi connectivity index (χ4v) is 8.51. The average molecular weight is 658 g/mol. The van der Waals surface area contributed by atoms with Crippen molar-refractivity contribution in [1.82, 2.24) is 9.91 Å². The van der Waals surface area contributed by atoms with E-state index >= 15 is 4.79 Å². The summed E-state index contributed by atoms with van der Waals surface area (Å²) in [6.07, 6.45) is 2.44. The zero-order chi connectivity index (χ0) is 33.0. The van der Waals surface area contributed by atoms with Crippen LogP contribution in [0.1, 0.15) is 36.8 Å². The Kier molecular flexibility index (Phi) is 7.88. The van der Waals surface area contributed by atoms with Gasteiger partial charge >= 0.3 is 0 Å². The second-order valence-corrected chi connectivity index (χ2v) is 12.8. The number of nitrogens with zero attached hydrogens (tertiary/aromatic N) is 2. The summed E-state index contributed by atoms with van der Waals surface area (Å²) in [7, 11) is 0. The number of benzene rings is 3. The summed E-state index contributed by atoms with van der Waals surface area (Å²) in [6.45, 7) is 1.77. The molecule has 2 N–H and O–H groups in total. The van der Waals surface area contributed by atoms with Crippen LogP contribution >= 0.6 is 11.6 Å². The van der Waals surface area contributed by atoms with Crippen molar-refractivity contribution in [3.8, 4) is 5.75 Å². The summed E-state index contributed by atoms with van der Waals surface area (Å²) in [5.41, 5.74) is 3.73. The smallest absolute Gasteiger partial charge is 0.260 e. The van der Waals surface area contributed by atoms with Crippen LogP contribution in [0.2, 0.25) is 5.02 Å². The molecule has 242 valence electrons. The third-order valence-corrected chi connectivity index (χ3v) is 10.5. The number of likely N-dealkylation sites (tertiary alicyclic amines) is 1. The van der Waals surface area contributed by atoms with Crippen molar-refractivity contribution in [3.05, 3.63) is 106 Å². The fourth-order valence-electron chi connectivity index (χ4n) is 8.38. The maximum absolute atomic E-state index is 15.2. The molecule has 2 aliphatic heterocycles. The van der Waals surface area contributed by atoms with Gasteiger partial charge in [0.15, 0.2) is 0 Å². The number of hydrazine groups is 1. The number of rotatable bonds is 8. The van der Waals surface area contributed by atoms with Gasteiger partial charge < -0.3 is 9.84 Å². The largest absolute Gasteiger partial charge is 0.491 e. The normalized spacial score (nSPS) is 28.2. The van der Waals surface area contributed by atoms with Gasteiger partial charge in [-0.1, -0.05) is 53.6 Å². The number of aliphatic hydroxyl groups is 1. The lowest BCUT2D eigenvalue weighted by molar-refractivity contribution is -0.141. The Bertz CT molecular complexity index is 1800. The van der Waals surface area contributed by atoms with Gasteiger partial charge in [-0.25, -0.2) is 4.39 Å². The maximum atomic E-state index is 15.2. The summed E-state index contributed by atoms with van der Waals surface area (Å²) in [5, 5.41) is 11.1. The predicted octanol–water partition coefficient (Wildman–Crippen LogP) is 4.86. The molecule has 7 rings (SSSR count). The van der Waals surface area contributed by atoms with Crippen molar-refractivity contribution in [2.75, 3.05) is 25.2 Å². The molecule has 3 aromatic carbocycles. The third kappa shape index (κ3) is 4.68. The first-order chi connectivity index (χ1) is 22.7. The van der Waals surface area contributed by atoms with Crippen molar-refractivity contribution in [3.63, 3.8) is 0 Å². The number of amides is 4. The van der Waals surface area contributed by atoms with E-state index in [1.54, 1.807) is 43.3 Å². The molecule has 0 spiro atoms. The number of para-hydroxylation sites is 1. The zero-order valence-electron chi connectivity index (χ0n) is 25.6. The van der Waals surface area contributed by atoms with E-state index in [1.807, 2.05) is 18.2 Å². The fraction of sp³-hybridized carbons (Fsp3) is 0.333. The van der Waals surface area contributed by atoms with Gasteiger partial charge in [-0.3, -0.25) is 29.5 Å². The van der Waals surface area contributed by atoms with Crippen molar-refractivity contribution in [1.29, 1.82) is 0 Å². The Balaban J connectivity index is 1.47. The molecule has 2 heterocycles. The number of hydrogen-bond donors (Lipinski definition) is 2. The zero-order valence-corrected chi connectivity index (χ0v) is 26.3. The SMILES string of the molecule is CCN1C(=O)C2CC=C3C(CC4C(=O)N(Nc5ccc(F)cc5)C(=O)C4(c4ccc(Cl)cc4)C3c3ccccc3OCCO)C2C1=O. The Hall–Kier alpha value is -4.54. The second kappa shape index (κ2) is 11.9. The van der Waals surface area contributed by atoms with Crippen LogP contribution in [-0.2, 0) is 24.6 Å². The highest BCUT2D eigenvalue weighted by Gasteiger charge is 2.70. The summed E-state index contributed by atoms with van der Waals surface area (Å²) in [6, 6.07) is 19.4. The third-order valence-electron chi connectivity index (χ3n) is 10.2.